The molecule has 0 aliphatic rings. The van der Waals surface area contributed by atoms with E-state index in [1.807, 2.05) is 24.3 Å². The third-order valence-electron chi connectivity index (χ3n) is 4.57. The van der Waals surface area contributed by atoms with Gasteiger partial charge in [-0.05, 0) is 59.5 Å². The standard InChI is InChI=1S/C22H16N2O2S/c1-25-18-8-7-15(10-16(18)23)22-24-17-11-14(6-9-19(17)26-22)21-12-13-4-2-3-5-20(13)27-21/h2-12H,23H2,1H3. The van der Waals surface area contributed by atoms with Gasteiger partial charge >= 0.3 is 0 Å². The lowest BCUT2D eigenvalue weighted by molar-refractivity contribution is 0.417. The van der Waals surface area contributed by atoms with E-state index < -0.39 is 0 Å². The monoisotopic (exact) mass is 372 g/mol. The zero-order valence-corrected chi connectivity index (χ0v) is 15.4. The summed E-state index contributed by atoms with van der Waals surface area (Å²) in [6.45, 7) is 0. The lowest BCUT2D eigenvalue weighted by Crippen LogP contribution is -1.92. The molecule has 4 nitrogen and oxygen atoms in total. The SMILES string of the molecule is COc1ccc(-c2nc3cc(-c4cc5ccccc5s4)ccc3o2)cc1N. The second-order valence-corrected chi connectivity index (χ2v) is 7.39. The molecule has 132 valence electrons. The molecule has 0 saturated heterocycles. The van der Waals surface area contributed by atoms with Crippen molar-refractivity contribution in [1.82, 2.24) is 4.98 Å². The first-order valence-corrected chi connectivity index (χ1v) is 9.36. The van der Waals surface area contributed by atoms with Gasteiger partial charge in [-0.25, -0.2) is 4.98 Å². The molecule has 5 heteroatoms. The van der Waals surface area contributed by atoms with E-state index in [9.17, 15) is 0 Å². The number of ether oxygens (including phenoxy) is 1. The number of benzene rings is 3. The van der Waals surface area contributed by atoms with Gasteiger partial charge in [0, 0.05) is 15.1 Å². The zero-order valence-electron chi connectivity index (χ0n) is 14.6. The minimum atomic E-state index is 0.549. The molecule has 5 aromatic rings. The maximum Gasteiger partial charge on any atom is 0.227 e. The van der Waals surface area contributed by atoms with E-state index in [0.29, 0.717) is 17.3 Å². The third-order valence-corrected chi connectivity index (χ3v) is 5.74. The summed E-state index contributed by atoms with van der Waals surface area (Å²) in [7, 11) is 1.60. The number of fused-ring (bicyclic) bond motifs is 2. The molecule has 0 unspecified atom stereocenters. The highest BCUT2D eigenvalue weighted by Crippen LogP contribution is 2.36. The Morgan fingerprint density at radius 3 is 2.63 bits per heavy atom. The summed E-state index contributed by atoms with van der Waals surface area (Å²) in [5.41, 5.74) is 10.1. The minimum Gasteiger partial charge on any atom is -0.495 e. The van der Waals surface area contributed by atoms with Gasteiger partial charge in [-0.1, -0.05) is 18.2 Å². The van der Waals surface area contributed by atoms with Crippen LogP contribution in [0.3, 0.4) is 0 Å². The van der Waals surface area contributed by atoms with Gasteiger partial charge in [-0.2, -0.15) is 0 Å². The van der Waals surface area contributed by atoms with E-state index >= 15 is 0 Å². The van der Waals surface area contributed by atoms with Gasteiger partial charge in [0.05, 0.1) is 12.8 Å². The van der Waals surface area contributed by atoms with Crippen molar-refractivity contribution in [2.45, 2.75) is 0 Å². The lowest BCUT2D eigenvalue weighted by atomic mass is 10.1. The summed E-state index contributed by atoms with van der Waals surface area (Å²) in [4.78, 5) is 5.88. The van der Waals surface area contributed by atoms with Crippen LogP contribution in [0.25, 0.3) is 43.1 Å². The normalized spacial score (nSPS) is 11.3. The Morgan fingerprint density at radius 2 is 1.81 bits per heavy atom. The number of oxazole rings is 1. The molecule has 3 aromatic carbocycles. The van der Waals surface area contributed by atoms with Crippen LogP contribution in [0, 0.1) is 0 Å². The molecule has 0 aliphatic heterocycles. The number of nitrogens with zero attached hydrogens (tertiary/aromatic N) is 1. The van der Waals surface area contributed by atoms with Crippen LogP contribution in [0.1, 0.15) is 0 Å². The fourth-order valence-electron chi connectivity index (χ4n) is 3.20. The first-order chi connectivity index (χ1) is 13.2. The van der Waals surface area contributed by atoms with Crippen molar-refractivity contribution >= 4 is 38.2 Å². The smallest absolute Gasteiger partial charge is 0.227 e. The average Bonchev–Trinajstić information content (AvgIpc) is 3.31. The summed E-state index contributed by atoms with van der Waals surface area (Å²) in [6, 6.07) is 22.3. The summed E-state index contributed by atoms with van der Waals surface area (Å²) >= 11 is 1.78. The lowest BCUT2D eigenvalue weighted by Gasteiger charge is -2.04. The van der Waals surface area contributed by atoms with Crippen LogP contribution < -0.4 is 10.5 Å². The maximum atomic E-state index is 6.01. The van der Waals surface area contributed by atoms with Gasteiger partial charge in [0.15, 0.2) is 5.58 Å². The molecule has 0 atom stereocenters. The zero-order chi connectivity index (χ0) is 18.4. The average molecular weight is 372 g/mol. The maximum absolute atomic E-state index is 6.01. The molecular formula is C22H16N2O2S. The Bertz CT molecular complexity index is 1250. The Labute approximate surface area is 159 Å². The predicted molar refractivity (Wildman–Crippen MR) is 111 cm³/mol. The van der Waals surface area contributed by atoms with E-state index in [1.54, 1.807) is 18.4 Å². The molecule has 0 saturated carbocycles. The Kier molecular flexibility index (Phi) is 3.62. The van der Waals surface area contributed by atoms with Crippen molar-refractivity contribution in [2.75, 3.05) is 12.8 Å². The number of rotatable bonds is 3. The van der Waals surface area contributed by atoms with E-state index in [0.717, 1.165) is 22.2 Å². The van der Waals surface area contributed by atoms with Crippen LogP contribution in [-0.4, -0.2) is 12.1 Å². The Balaban J connectivity index is 1.57. The quantitative estimate of drug-likeness (QED) is 0.397. The first-order valence-electron chi connectivity index (χ1n) is 8.55. The van der Waals surface area contributed by atoms with Crippen LogP contribution in [0.5, 0.6) is 5.75 Å². The van der Waals surface area contributed by atoms with E-state index in [2.05, 4.69) is 47.4 Å². The van der Waals surface area contributed by atoms with Crippen LogP contribution in [0.4, 0.5) is 5.69 Å². The first kappa shape index (κ1) is 15.9. The highest BCUT2D eigenvalue weighted by molar-refractivity contribution is 7.22. The molecule has 2 heterocycles. The van der Waals surface area contributed by atoms with Crippen molar-refractivity contribution < 1.29 is 9.15 Å². The molecule has 0 aliphatic carbocycles. The van der Waals surface area contributed by atoms with E-state index in [-0.39, 0.29) is 0 Å². The molecule has 0 amide bonds. The largest absolute Gasteiger partial charge is 0.495 e. The van der Waals surface area contributed by atoms with Crippen molar-refractivity contribution in [3.63, 3.8) is 0 Å². The second-order valence-electron chi connectivity index (χ2n) is 6.31. The van der Waals surface area contributed by atoms with Gasteiger partial charge in [0.25, 0.3) is 0 Å². The predicted octanol–water partition coefficient (Wildman–Crippen LogP) is 5.97. The number of hydrogen-bond donors (Lipinski definition) is 1. The highest BCUT2D eigenvalue weighted by Gasteiger charge is 2.12. The molecule has 0 spiro atoms. The van der Waals surface area contributed by atoms with Crippen molar-refractivity contribution in [2.24, 2.45) is 0 Å². The third kappa shape index (κ3) is 2.73. The van der Waals surface area contributed by atoms with Crippen molar-refractivity contribution in [3.8, 4) is 27.6 Å². The molecule has 2 N–H and O–H groups in total. The van der Waals surface area contributed by atoms with E-state index in [1.165, 1.54) is 15.0 Å². The van der Waals surface area contributed by atoms with Crippen LogP contribution in [0.2, 0.25) is 0 Å². The topological polar surface area (TPSA) is 61.3 Å². The summed E-state index contributed by atoms with van der Waals surface area (Å²) in [6.07, 6.45) is 0. The number of aromatic nitrogens is 1. The summed E-state index contributed by atoms with van der Waals surface area (Å²) in [5.74, 6) is 1.19. The van der Waals surface area contributed by atoms with Crippen LogP contribution >= 0.6 is 11.3 Å². The molecule has 27 heavy (non-hydrogen) atoms. The van der Waals surface area contributed by atoms with Crippen molar-refractivity contribution in [3.05, 3.63) is 66.7 Å². The molecule has 0 bridgehead atoms. The second kappa shape index (κ2) is 6.14. The summed E-state index contributed by atoms with van der Waals surface area (Å²) < 4.78 is 12.4. The molecular weight excluding hydrogens is 356 g/mol. The van der Waals surface area contributed by atoms with Crippen LogP contribution in [0.15, 0.2) is 71.1 Å². The molecule has 0 radical (unpaired) electrons. The van der Waals surface area contributed by atoms with Crippen LogP contribution in [-0.2, 0) is 0 Å². The number of methoxy groups -OCH3 is 1. The van der Waals surface area contributed by atoms with Gasteiger partial charge in [0.1, 0.15) is 11.3 Å². The molecule has 0 fully saturated rings. The fraction of sp³-hybridized carbons (Fsp3) is 0.0455. The van der Waals surface area contributed by atoms with Gasteiger partial charge in [-0.3, -0.25) is 0 Å². The minimum absolute atomic E-state index is 0.549. The van der Waals surface area contributed by atoms with Gasteiger partial charge in [-0.15, -0.1) is 11.3 Å². The Morgan fingerprint density at radius 1 is 0.963 bits per heavy atom. The number of hydrogen-bond acceptors (Lipinski definition) is 5. The van der Waals surface area contributed by atoms with Crippen molar-refractivity contribution in [1.29, 1.82) is 0 Å². The number of thiophene rings is 1. The summed E-state index contributed by atoms with van der Waals surface area (Å²) in [5, 5.41) is 1.26. The molecule has 2 aromatic heterocycles. The number of anilines is 1. The fourth-order valence-corrected chi connectivity index (χ4v) is 4.25. The van der Waals surface area contributed by atoms with Gasteiger partial charge in [0.2, 0.25) is 5.89 Å². The number of nitrogen functional groups attached to an aromatic ring is 1. The highest BCUT2D eigenvalue weighted by atomic mass is 32.1. The molecule has 5 rings (SSSR count). The van der Waals surface area contributed by atoms with Gasteiger partial charge < -0.3 is 14.9 Å². The number of nitrogens with two attached hydrogens (primary N) is 1. The van der Waals surface area contributed by atoms with E-state index in [4.69, 9.17) is 14.9 Å². The Hall–Kier alpha value is -3.31.